The average Bonchev–Trinajstić information content (AvgIpc) is 3.07. The molecule has 0 radical (unpaired) electrons. The van der Waals surface area contributed by atoms with Crippen molar-refractivity contribution in [2.75, 3.05) is 13.1 Å². The third-order valence-electron chi connectivity index (χ3n) is 4.34. The zero-order valence-corrected chi connectivity index (χ0v) is 10.5. The van der Waals surface area contributed by atoms with E-state index in [1.54, 1.807) is 0 Å². The molecule has 1 saturated carbocycles. The van der Waals surface area contributed by atoms with E-state index < -0.39 is 0 Å². The molecule has 1 amide bonds. The van der Waals surface area contributed by atoms with E-state index in [2.05, 4.69) is 24.5 Å². The molecule has 3 nitrogen and oxygen atoms in total. The van der Waals surface area contributed by atoms with Gasteiger partial charge in [-0.15, -0.1) is 0 Å². The molecular weight excluding hydrogens is 200 g/mol. The van der Waals surface area contributed by atoms with Crippen LogP contribution < -0.4 is 10.6 Å². The lowest BCUT2D eigenvalue weighted by molar-refractivity contribution is -0.126. The fraction of sp³-hybridized carbons (Fsp3) is 0.923. The summed E-state index contributed by atoms with van der Waals surface area (Å²) in [7, 11) is 0. The highest BCUT2D eigenvalue weighted by atomic mass is 16.1. The first-order chi connectivity index (χ1) is 7.65. The molecule has 2 N–H and O–H groups in total. The lowest BCUT2D eigenvalue weighted by Gasteiger charge is -2.27. The largest absolute Gasteiger partial charge is 0.355 e. The van der Waals surface area contributed by atoms with Crippen molar-refractivity contribution in [3.8, 4) is 0 Å². The molecule has 2 aliphatic rings. The summed E-state index contributed by atoms with van der Waals surface area (Å²) in [4.78, 5) is 12.0. The van der Waals surface area contributed by atoms with Gasteiger partial charge in [-0.3, -0.25) is 4.79 Å². The van der Waals surface area contributed by atoms with Gasteiger partial charge in [0.25, 0.3) is 0 Å². The standard InChI is InChI=1S/C13H24N2O/c1-3-13(5-6-13)9-15-12(16)11-4-7-14-10(2)8-11/h10-11,14H,3-9H2,1-2H3,(H,15,16). The lowest BCUT2D eigenvalue weighted by Crippen LogP contribution is -2.43. The van der Waals surface area contributed by atoms with Gasteiger partial charge < -0.3 is 10.6 Å². The van der Waals surface area contributed by atoms with Crippen LogP contribution in [0.5, 0.6) is 0 Å². The van der Waals surface area contributed by atoms with E-state index in [9.17, 15) is 4.79 Å². The van der Waals surface area contributed by atoms with Crippen LogP contribution in [0.15, 0.2) is 0 Å². The summed E-state index contributed by atoms with van der Waals surface area (Å²) in [5.74, 6) is 0.525. The van der Waals surface area contributed by atoms with Crippen LogP contribution in [0.2, 0.25) is 0 Å². The molecule has 0 aromatic carbocycles. The molecular formula is C13H24N2O. The molecule has 0 aromatic rings. The maximum Gasteiger partial charge on any atom is 0.223 e. The first-order valence-corrected chi connectivity index (χ1v) is 6.66. The number of rotatable bonds is 4. The van der Waals surface area contributed by atoms with Gasteiger partial charge in [-0.25, -0.2) is 0 Å². The quantitative estimate of drug-likeness (QED) is 0.763. The molecule has 1 heterocycles. The number of piperidine rings is 1. The van der Waals surface area contributed by atoms with Crippen LogP contribution in [-0.2, 0) is 4.79 Å². The zero-order valence-electron chi connectivity index (χ0n) is 10.5. The van der Waals surface area contributed by atoms with Gasteiger partial charge in [-0.1, -0.05) is 6.92 Å². The number of hydrogen-bond donors (Lipinski definition) is 2. The summed E-state index contributed by atoms with van der Waals surface area (Å²) in [6, 6.07) is 0.491. The molecule has 0 bridgehead atoms. The Balaban J connectivity index is 1.75. The Morgan fingerprint density at radius 2 is 2.25 bits per heavy atom. The normalized spacial score (nSPS) is 32.1. The minimum Gasteiger partial charge on any atom is -0.355 e. The summed E-state index contributed by atoms with van der Waals surface area (Å²) in [5, 5.41) is 6.54. The maximum absolute atomic E-state index is 12.0. The topological polar surface area (TPSA) is 41.1 Å². The lowest BCUT2D eigenvalue weighted by atomic mass is 9.92. The first kappa shape index (κ1) is 11.9. The van der Waals surface area contributed by atoms with Gasteiger partial charge >= 0.3 is 0 Å². The van der Waals surface area contributed by atoms with Crippen molar-refractivity contribution in [1.82, 2.24) is 10.6 Å². The monoisotopic (exact) mass is 224 g/mol. The van der Waals surface area contributed by atoms with Gasteiger partial charge in [0.15, 0.2) is 0 Å². The molecule has 1 aliphatic carbocycles. The summed E-state index contributed by atoms with van der Waals surface area (Å²) in [6.07, 6.45) is 5.79. The Morgan fingerprint density at radius 1 is 1.50 bits per heavy atom. The van der Waals surface area contributed by atoms with Gasteiger partial charge in [0.2, 0.25) is 5.91 Å². The van der Waals surface area contributed by atoms with E-state index in [0.29, 0.717) is 11.5 Å². The number of carbonyl (C=O) groups is 1. The fourth-order valence-electron chi connectivity index (χ4n) is 2.62. The van der Waals surface area contributed by atoms with Crippen molar-refractivity contribution >= 4 is 5.91 Å². The Labute approximate surface area is 98.4 Å². The molecule has 0 aromatic heterocycles. The van der Waals surface area contributed by atoms with E-state index in [-0.39, 0.29) is 11.8 Å². The molecule has 92 valence electrons. The molecule has 0 spiro atoms. The Hall–Kier alpha value is -0.570. The van der Waals surface area contributed by atoms with E-state index in [4.69, 9.17) is 0 Å². The molecule has 2 unspecified atom stereocenters. The predicted molar refractivity (Wildman–Crippen MR) is 65.2 cm³/mol. The van der Waals surface area contributed by atoms with Gasteiger partial charge in [-0.05, 0) is 51.0 Å². The molecule has 2 fully saturated rings. The fourth-order valence-corrected chi connectivity index (χ4v) is 2.62. The van der Waals surface area contributed by atoms with E-state index >= 15 is 0 Å². The molecule has 1 aliphatic heterocycles. The van der Waals surface area contributed by atoms with Crippen molar-refractivity contribution < 1.29 is 4.79 Å². The molecule has 2 rings (SSSR count). The van der Waals surface area contributed by atoms with Crippen LogP contribution in [0.1, 0.15) is 46.0 Å². The summed E-state index contributed by atoms with van der Waals surface area (Å²) in [5.41, 5.74) is 0.466. The van der Waals surface area contributed by atoms with Crippen LogP contribution >= 0.6 is 0 Å². The van der Waals surface area contributed by atoms with Gasteiger partial charge in [0, 0.05) is 18.5 Å². The van der Waals surface area contributed by atoms with Crippen molar-refractivity contribution in [3.63, 3.8) is 0 Å². The highest BCUT2D eigenvalue weighted by Crippen LogP contribution is 2.47. The SMILES string of the molecule is CCC1(CNC(=O)C2CCNC(C)C2)CC1. The average molecular weight is 224 g/mol. The van der Waals surface area contributed by atoms with Crippen LogP contribution in [0.4, 0.5) is 0 Å². The number of amides is 1. The third-order valence-corrected chi connectivity index (χ3v) is 4.34. The van der Waals surface area contributed by atoms with Crippen LogP contribution in [-0.4, -0.2) is 25.0 Å². The maximum atomic E-state index is 12.0. The van der Waals surface area contributed by atoms with E-state index in [0.717, 1.165) is 25.9 Å². The summed E-state index contributed by atoms with van der Waals surface area (Å²) >= 11 is 0. The Kier molecular flexibility index (Phi) is 3.53. The van der Waals surface area contributed by atoms with E-state index in [1.807, 2.05) is 0 Å². The van der Waals surface area contributed by atoms with Crippen molar-refractivity contribution in [2.24, 2.45) is 11.3 Å². The van der Waals surface area contributed by atoms with Crippen LogP contribution in [0.3, 0.4) is 0 Å². The van der Waals surface area contributed by atoms with Crippen LogP contribution in [0, 0.1) is 11.3 Å². The second-order valence-corrected chi connectivity index (χ2v) is 5.65. The predicted octanol–water partition coefficient (Wildman–Crippen LogP) is 1.68. The smallest absolute Gasteiger partial charge is 0.223 e. The highest BCUT2D eigenvalue weighted by molar-refractivity contribution is 5.78. The first-order valence-electron chi connectivity index (χ1n) is 6.66. The number of carbonyl (C=O) groups excluding carboxylic acids is 1. The minimum absolute atomic E-state index is 0.240. The van der Waals surface area contributed by atoms with Gasteiger partial charge in [0.1, 0.15) is 0 Å². The molecule has 1 saturated heterocycles. The summed E-state index contributed by atoms with van der Waals surface area (Å²) < 4.78 is 0. The third kappa shape index (κ3) is 2.76. The zero-order chi connectivity index (χ0) is 11.6. The summed E-state index contributed by atoms with van der Waals surface area (Å²) in [6.45, 7) is 6.28. The molecule has 2 atom stereocenters. The highest BCUT2D eigenvalue weighted by Gasteiger charge is 2.41. The van der Waals surface area contributed by atoms with E-state index in [1.165, 1.54) is 19.3 Å². The van der Waals surface area contributed by atoms with Gasteiger partial charge in [0.05, 0.1) is 0 Å². The second kappa shape index (κ2) is 4.74. The minimum atomic E-state index is 0.240. The number of hydrogen-bond acceptors (Lipinski definition) is 2. The molecule has 16 heavy (non-hydrogen) atoms. The van der Waals surface area contributed by atoms with Crippen molar-refractivity contribution in [1.29, 1.82) is 0 Å². The Bertz CT molecular complexity index is 261. The number of nitrogens with one attached hydrogen (secondary N) is 2. The Morgan fingerprint density at radius 3 is 2.81 bits per heavy atom. The van der Waals surface area contributed by atoms with Gasteiger partial charge in [-0.2, -0.15) is 0 Å². The van der Waals surface area contributed by atoms with Crippen molar-refractivity contribution in [2.45, 2.75) is 52.0 Å². The van der Waals surface area contributed by atoms with Crippen molar-refractivity contribution in [3.05, 3.63) is 0 Å². The second-order valence-electron chi connectivity index (χ2n) is 5.65. The van der Waals surface area contributed by atoms with Crippen LogP contribution in [0.25, 0.3) is 0 Å². The molecule has 3 heteroatoms.